The maximum atomic E-state index is 10.8. The number of hydrogen-bond acceptors (Lipinski definition) is 2. The predicted octanol–water partition coefficient (Wildman–Crippen LogP) is 2.96. The zero-order valence-corrected chi connectivity index (χ0v) is 11.0. The van der Waals surface area contributed by atoms with E-state index < -0.39 is 12.0 Å². The van der Waals surface area contributed by atoms with E-state index in [1.807, 2.05) is 31.2 Å². The van der Waals surface area contributed by atoms with Crippen molar-refractivity contribution in [3.8, 4) is 0 Å². The van der Waals surface area contributed by atoms with Crippen LogP contribution in [-0.4, -0.2) is 17.1 Å². The van der Waals surface area contributed by atoms with E-state index in [4.69, 9.17) is 5.11 Å². The zero-order valence-electron chi connectivity index (χ0n) is 9.40. The summed E-state index contributed by atoms with van der Waals surface area (Å²) in [6.07, 6.45) is 0.860. The molecule has 2 atom stereocenters. The number of carboxylic acids is 1. The fourth-order valence-electron chi connectivity index (χ4n) is 1.52. The minimum atomic E-state index is -0.824. The lowest BCUT2D eigenvalue weighted by molar-refractivity contribution is -0.139. The van der Waals surface area contributed by atoms with Gasteiger partial charge in [0.05, 0.1) is 0 Å². The van der Waals surface area contributed by atoms with Gasteiger partial charge in [0, 0.05) is 10.5 Å². The van der Waals surface area contributed by atoms with Gasteiger partial charge in [-0.2, -0.15) is 0 Å². The molecule has 1 aromatic carbocycles. The molecule has 0 saturated carbocycles. The van der Waals surface area contributed by atoms with E-state index in [1.165, 1.54) is 0 Å². The minimum Gasteiger partial charge on any atom is -0.480 e. The van der Waals surface area contributed by atoms with Crippen LogP contribution in [0.1, 0.15) is 31.9 Å². The van der Waals surface area contributed by atoms with Crippen LogP contribution >= 0.6 is 15.9 Å². The number of nitrogens with one attached hydrogen (secondary N) is 1. The average molecular weight is 286 g/mol. The Hall–Kier alpha value is -0.870. The van der Waals surface area contributed by atoms with Crippen molar-refractivity contribution in [1.82, 2.24) is 5.32 Å². The van der Waals surface area contributed by atoms with Crippen LogP contribution in [0.15, 0.2) is 28.7 Å². The molecule has 0 radical (unpaired) electrons. The van der Waals surface area contributed by atoms with Crippen LogP contribution in [0.5, 0.6) is 0 Å². The van der Waals surface area contributed by atoms with Crippen molar-refractivity contribution in [2.24, 2.45) is 0 Å². The smallest absolute Gasteiger partial charge is 0.320 e. The molecule has 1 rings (SSSR count). The van der Waals surface area contributed by atoms with Crippen molar-refractivity contribution >= 4 is 21.9 Å². The highest BCUT2D eigenvalue weighted by Gasteiger charge is 2.16. The Balaban J connectivity index is 2.74. The van der Waals surface area contributed by atoms with E-state index in [1.54, 1.807) is 6.92 Å². The number of hydrogen-bond donors (Lipinski definition) is 2. The first-order chi connectivity index (χ1) is 7.54. The summed E-state index contributed by atoms with van der Waals surface area (Å²) >= 11 is 3.38. The number of benzene rings is 1. The second-order valence-corrected chi connectivity index (χ2v) is 4.65. The standard InChI is InChI=1S/C12H16BrNO2/c1-3-11(14-8(2)12(15)16)9-4-6-10(13)7-5-9/h4-8,11,14H,3H2,1-2H3,(H,15,16). The Kier molecular flexibility index (Phi) is 4.96. The SMILES string of the molecule is CCC(NC(C)C(=O)O)c1ccc(Br)cc1. The predicted molar refractivity (Wildman–Crippen MR) is 67.4 cm³/mol. The maximum Gasteiger partial charge on any atom is 0.320 e. The van der Waals surface area contributed by atoms with Crippen molar-refractivity contribution in [2.75, 3.05) is 0 Å². The van der Waals surface area contributed by atoms with Crippen molar-refractivity contribution in [1.29, 1.82) is 0 Å². The highest BCUT2D eigenvalue weighted by Crippen LogP contribution is 2.19. The zero-order chi connectivity index (χ0) is 12.1. The van der Waals surface area contributed by atoms with Crippen molar-refractivity contribution in [3.63, 3.8) is 0 Å². The van der Waals surface area contributed by atoms with Gasteiger partial charge in [0.25, 0.3) is 0 Å². The molecule has 0 aromatic heterocycles. The van der Waals surface area contributed by atoms with E-state index in [0.29, 0.717) is 0 Å². The number of halogens is 1. The molecule has 1 aromatic rings. The fraction of sp³-hybridized carbons (Fsp3) is 0.417. The van der Waals surface area contributed by atoms with E-state index in [9.17, 15) is 4.79 Å². The average Bonchev–Trinajstić information content (AvgIpc) is 2.26. The van der Waals surface area contributed by atoms with E-state index in [0.717, 1.165) is 16.5 Å². The summed E-state index contributed by atoms with van der Waals surface area (Å²) in [7, 11) is 0. The maximum absolute atomic E-state index is 10.8. The first-order valence-electron chi connectivity index (χ1n) is 5.29. The van der Waals surface area contributed by atoms with Gasteiger partial charge in [-0.1, -0.05) is 35.0 Å². The van der Waals surface area contributed by atoms with Gasteiger partial charge in [0.1, 0.15) is 6.04 Å². The third-order valence-corrected chi connectivity index (χ3v) is 3.03. The van der Waals surface area contributed by atoms with Crippen LogP contribution < -0.4 is 5.32 Å². The molecule has 2 N–H and O–H groups in total. The van der Waals surface area contributed by atoms with E-state index in [2.05, 4.69) is 21.2 Å². The largest absolute Gasteiger partial charge is 0.480 e. The van der Waals surface area contributed by atoms with Gasteiger partial charge in [0.2, 0.25) is 0 Å². The summed E-state index contributed by atoms with van der Waals surface area (Å²) in [5.41, 5.74) is 1.11. The number of carbonyl (C=O) groups is 1. The molecule has 0 fully saturated rings. The Bertz CT molecular complexity index is 351. The van der Waals surface area contributed by atoms with Crippen LogP contribution in [0.3, 0.4) is 0 Å². The second-order valence-electron chi connectivity index (χ2n) is 3.74. The Morgan fingerprint density at radius 1 is 1.44 bits per heavy atom. The second kappa shape index (κ2) is 6.01. The summed E-state index contributed by atoms with van der Waals surface area (Å²) in [5, 5.41) is 11.9. The molecule has 0 spiro atoms. The number of aliphatic carboxylic acids is 1. The quantitative estimate of drug-likeness (QED) is 0.875. The van der Waals surface area contributed by atoms with Crippen LogP contribution in [0.25, 0.3) is 0 Å². The molecule has 3 nitrogen and oxygen atoms in total. The molecule has 16 heavy (non-hydrogen) atoms. The van der Waals surface area contributed by atoms with Gasteiger partial charge in [0.15, 0.2) is 0 Å². The monoisotopic (exact) mass is 285 g/mol. The first kappa shape index (κ1) is 13.2. The van der Waals surface area contributed by atoms with Crippen molar-refractivity contribution in [3.05, 3.63) is 34.3 Å². The topological polar surface area (TPSA) is 49.3 Å². The molecule has 0 heterocycles. The Morgan fingerprint density at radius 2 is 2.00 bits per heavy atom. The molecule has 0 aliphatic rings. The Morgan fingerprint density at radius 3 is 2.44 bits per heavy atom. The minimum absolute atomic E-state index is 0.0826. The highest BCUT2D eigenvalue weighted by atomic mass is 79.9. The molecular weight excluding hydrogens is 270 g/mol. The summed E-state index contributed by atoms with van der Waals surface area (Å²) in [5.74, 6) is -0.824. The van der Waals surface area contributed by atoms with Crippen LogP contribution in [0, 0.1) is 0 Å². The molecule has 0 saturated heterocycles. The summed E-state index contributed by atoms with van der Waals surface area (Å²) in [6.45, 7) is 3.69. The first-order valence-corrected chi connectivity index (χ1v) is 6.08. The summed E-state index contributed by atoms with van der Waals surface area (Å²) in [6, 6.07) is 7.48. The van der Waals surface area contributed by atoms with Crippen molar-refractivity contribution < 1.29 is 9.90 Å². The van der Waals surface area contributed by atoms with Crippen LogP contribution in [-0.2, 0) is 4.79 Å². The molecule has 2 unspecified atom stereocenters. The van der Waals surface area contributed by atoms with Gasteiger partial charge < -0.3 is 5.11 Å². The molecular formula is C12H16BrNO2. The van der Waals surface area contributed by atoms with Gasteiger partial charge in [-0.3, -0.25) is 10.1 Å². The molecule has 0 aliphatic carbocycles. The van der Waals surface area contributed by atoms with Gasteiger partial charge in [-0.25, -0.2) is 0 Å². The molecule has 4 heteroatoms. The third kappa shape index (κ3) is 3.61. The van der Waals surface area contributed by atoms with Gasteiger partial charge in [-0.05, 0) is 31.0 Å². The normalized spacial score (nSPS) is 14.4. The van der Waals surface area contributed by atoms with Crippen LogP contribution in [0.4, 0.5) is 0 Å². The molecule has 0 amide bonds. The van der Waals surface area contributed by atoms with E-state index in [-0.39, 0.29) is 6.04 Å². The lowest BCUT2D eigenvalue weighted by Crippen LogP contribution is -2.36. The van der Waals surface area contributed by atoms with Gasteiger partial charge in [-0.15, -0.1) is 0 Å². The van der Waals surface area contributed by atoms with Crippen LogP contribution in [0.2, 0.25) is 0 Å². The Labute approximate surface area is 104 Å². The molecule has 0 bridgehead atoms. The van der Waals surface area contributed by atoms with Gasteiger partial charge >= 0.3 is 5.97 Å². The van der Waals surface area contributed by atoms with E-state index >= 15 is 0 Å². The third-order valence-electron chi connectivity index (χ3n) is 2.50. The number of rotatable bonds is 5. The fourth-order valence-corrected chi connectivity index (χ4v) is 1.78. The summed E-state index contributed by atoms with van der Waals surface area (Å²) < 4.78 is 1.03. The summed E-state index contributed by atoms with van der Waals surface area (Å²) in [4.78, 5) is 10.8. The number of carboxylic acid groups (broad SMARTS) is 1. The highest BCUT2D eigenvalue weighted by molar-refractivity contribution is 9.10. The molecule has 88 valence electrons. The lowest BCUT2D eigenvalue weighted by Gasteiger charge is -2.20. The lowest BCUT2D eigenvalue weighted by atomic mass is 10.0. The van der Waals surface area contributed by atoms with Crippen molar-refractivity contribution in [2.45, 2.75) is 32.4 Å². The molecule has 0 aliphatic heterocycles.